The average molecular weight is 253 g/mol. The number of methoxy groups -OCH3 is 1. The Bertz CT molecular complexity index is 351. The molecule has 0 aliphatic heterocycles. The lowest BCUT2D eigenvalue weighted by atomic mass is 9.73. The second kappa shape index (κ2) is 5.51. The summed E-state index contributed by atoms with van der Waals surface area (Å²) in [6, 6.07) is 2.59. The van der Waals surface area contributed by atoms with Crippen LogP contribution < -0.4 is 5.32 Å². The lowest BCUT2D eigenvalue weighted by Gasteiger charge is -2.46. The molecule has 1 unspecified atom stereocenters. The molecule has 1 aromatic heterocycles. The van der Waals surface area contributed by atoms with Crippen LogP contribution in [0.4, 0.5) is 0 Å². The Morgan fingerprint density at radius 2 is 2.29 bits per heavy atom. The van der Waals surface area contributed by atoms with E-state index in [0.717, 1.165) is 6.54 Å². The van der Waals surface area contributed by atoms with Crippen molar-refractivity contribution in [2.24, 2.45) is 0 Å². The van der Waals surface area contributed by atoms with Gasteiger partial charge in [0.05, 0.1) is 11.6 Å². The lowest BCUT2D eigenvalue weighted by molar-refractivity contribution is -0.0990. The van der Waals surface area contributed by atoms with Crippen LogP contribution in [0.3, 0.4) is 0 Å². The summed E-state index contributed by atoms with van der Waals surface area (Å²) in [6.07, 6.45) is 4.83. The first-order chi connectivity index (χ1) is 8.23. The first-order valence-electron chi connectivity index (χ1n) is 6.56. The first kappa shape index (κ1) is 13.1. The van der Waals surface area contributed by atoms with Crippen LogP contribution in [0.15, 0.2) is 11.4 Å². The molecule has 1 aliphatic rings. The van der Waals surface area contributed by atoms with Crippen LogP contribution >= 0.6 is 11.3 Å². The number of hydrogen-bond donors (Lipinski definition) is 1. The number of rotatable bonds is 6. The average Bonchev–Trinajstić information content (AvgIpc) is 2.68. The molecule has 17 heavy (non-hydrogen) atoms. The maximum atomic E-state index is 5.86. The zero-order valence-electron chi connectivity index (χ0n) is 11.1. The first-order valence-corrected chi connectivity index (χ1v) is 7.44. The highest BCUT2D eigenvalue weighted by atomic mass is 32.1. The second-order valence-corrected chi connectivity index (χ2v) is 5.93. The van der Waals surface area contributed by atoms with Crippen molar-refractivity contribution in [1.82, 2.24) is 5.32 Å². The highest BCUT2D eigenvalue weighted by molar-refractivity contribution is 7.10. The van der Waals surface area contributed by atoms with Gasteiger partial charge in [-0.05, 0) is 56.2 Å². The van der Waals surface area contributed by atoms with E-state index < -0.39 is 0 Å². The third kappa shape index (κ3) is 2.42. The van der Waals surface area contributed by atoms with Gasteiger partial charge in [-0.15, -0.1) is 11.3 Å². The van der Waals surface area contributed by atoms with Crippen molar-refractivity contribution in [2.75, 3.05) is 13.7 Å². The van der Waals surface area contributed by atoms with Gasteiger partial charge in [-0.2, -0.15) is 0 Å². The third-order valence-electron chi connectivity index (χ3n) is 3.89. The highest BCUT2D eigenvalue weighted by Crippen LogP contribution is 2.46. The van der Waals surface area contributed by atoms with Gasteiger partial charge in [0, 0.05) is 12.0 Å². The molecule has 1 fully saturated rings. The molecule has 96 valence electrons. The molecule has 1 heterocycles. The number of thiophene rings is 1. The van der Waals surface area contributed by atoms with Crippen LogP contribution in [0.25, 0.3) is 0 Å². The maximum Gasteiger partial charge on any atom is 0.0880 e. The van der Waals surface area contributed by atoms with Gasteiger partial charge >= 0.3 is 0 Å². The molecule has 0 spiro atoms. The molecule has 1 saturated carbocycles. The van der Waals surface area contributed by atoms with Gasteiger partial charge in [0.15, 0.2) is 0 Å². The molecular weight excluding hydrogens is 230 g/mol. The predicted molar refractivity (Wildman–Crippen MR) is 73.7 cm³/mol. The van der Waals surface area contributed by atoms with Crippen molar-refractivity contribution >= 4 is 11.3 Å². The van der Waals surface area contributed by atoms with E-state index >= 15 is 0 Å². The lowest BCUT2D eigenvalue weighted by Crippen LogP contribution is -2.50. The standard InChI is InChI=1S/C14H23NOS/c1-4-9-15-13(12-11(2)6-10-17-12)14(16-3)7-5-8-14/h6,10,13,15H,4-5,7-9H2,1-3H3. The van der Waals surface area contributed by atoms with E-state index in [9.17, 15) is 0 Å². The van der Waals surface area contributed by atoms with Gasteiger partial charge in [0.1, 0.15) is 0 Å². The molecule has 0 saturated heterocycles. The topological polar surface area (TPSA) is 21.3 Å². The van der Waals surface area contributed by atoms with Crippen molar-refractivity contribution < 1.29 is 4.74 Å². The predicted octanol–water partition coefficient (Wildman–Crippen LogP) is 3.67. The zero-order valence-corrected chi connectivity index (χ0v) is 11.9. The van der Waals surface area contributed by atoms with Crippen LogP contribution in [-0.4, -0.2) is 19.3 Å². The van der Waals surface area contributed by atoms with Crippen LogP contribution in [0.2, 0.25) is 0 Å². The fourth-order valence-corrected chi connectivity index (χ4v) is 3.73. The summed E-state index contributed by atoms with van der Waals surface area (Å²) >= 11 is 1.86. The van der Waals surface area contributed by atoms with Crippen LogP contribution in [-0.2, 0) is 4.74 Å². The normalized spacial score (nSPS) is 19.9. The van der Waals surface area contributed by atoms with E-state index in [0.29, 0.717) is 6.04 Å². The number of ether oxygens (including phenoxy) is 1. The summed E-state index contributed by atoms with van der Waals surface area (Å²) in [5.74, 6) is 0. The van der Waals surface area contributed by atoms with Gasteiger partial charge in [-0.3, -0.25) is 0 Å². The second-order valence-electron chi connectivity index (χ2n) is 4.98. The number of aryl methyl sites for hydroxylation is 1. The van der Waals surface area contributed by atoms with E-state index in [-0.39, 0.29) is 5.60 Å². The van der Waals surface area contributed by atoms with Crippen LogP contribution in [0.1, 0.15) is 49.1 Å². The minimum Gasteiger partial charge on any atom is -0.376 e. The molecule has 2 rings (SSSR count). The summed E-state index contributed by atoms with van der Waals surface area (Å²) in [4.78, 5) is 1.46. The van der Waals surface area contributed by atoms with E-state index in [1.165, 1.54) is 36.1 Å². The minimum absolute atomic E-state index is 0.0464. The van der Waals surface area contributed by atoms with Gasteiger partial charge in [-0.1, -0.05) is 6.92 Å². The Morgan fingerprint density at radius 1 is 1.53 bits per heavy atom. The number of nitrogens with one attached hydrogen (secondary N) is 1. The van der Waals surface area contributed by atoms with E-state index in [1.807, 2.05) is 18.4 Å². The molecule has 1 aliphatic carbocycles. The Labute approximate surface area is 108 Å². The molecule has 0 aromatic carbocycles. The van der Waals surface area contributed by atoms with E-state index in [1.54, 1.807) is 0 Å². The quantitative estimate of drug-likeness (QED) is 0.835. The molecular formula is C14H23NOS. The smallest absolute Gasteiger partial charge is 0.0880 e. The Balaban J connectivity index is 2.21. The van der Waals surface area contributed by atoms with Gasteiger partial charge in [-0.25, -0.2) is 0 Å². The molecule has 1 atom stereocenters. The monoisotopic (exact) mass is 253 g/mol. The molecule has 0 bridgehead atoms. The van der Waals surface area contributed by atoms with Gasteiger partial charge in [0.2, 0.25) is 0 Å². The van der Waals surface area contributed by atoms with E-state index in [2.05, 4.69) is 30.6 Å². The minimum atomic E-state index is 0.0464. The molecule has 1 N–H and O–H groups in total. The van der Waals surface area contributed by atoms with Crippen LogP contribution in [0, 0.1) is 6.92 Å². The van der Waals surface area contributed by atoms with E-state index in [4.69, 9.17) is 4.74 Å². The van der Waals surface area contributed by atoms with Crippen molar-refractivity contribution in [2.45, 2.75) is 51.2 Å². The summed E-state index contributed by atoms with van der Waals surface area (Å²) in [6.45, 7) is 5.48. The van der Waals surface area contributed by atoms with Crippen molar-refractivity contribution in [3.8, 4) is 0 Å². The molecule has 1 aromatic rings. The summed E-state index contributed by atoms with van der Waals surface area (Å²) in [5, 5.41) is 5.88. The zero-order chi connectivity index (χ0) is 12.3. The third-order valence-corrected chi connectivity index (χ3v) is 4.98. The largest absolute Gasteiger partial charge is 0.376 e. The Morgan fingerprint density at radius 3 is 2.71 bits per heavy atom. The Kier molecular flexibility index (Phi) is 4.23. The molecule has 2 nitrogen and oxygen atoms in total. The Hall–Kier alpha value is -0.380. The highest BCUT2D eigenvalue weighted by Gasteiger charge is 2.45. The molecule has 0 radical (unpaired) electrons. The maximum absolute atomic E-state index is 5.86. The van der Waals surface area contributed by atoms with Gasteiger partial charge in [0.25, 0.3) is 0 Å². The molecule has 3 heteroatoms. The van der Waals surface area contributed by atoms with Crippen LogP contribution in [0.5, 0.6) is 0 Å². The molecule has 0 amide bonds. The van der Waals surface area contributed by atoms with Gasteiger partial charge < -0.3 is 10.1 Å². The van der Waals surface area contributed by atoms with Crippen molar-refractivity contribution in [3.63, 3.8) is 0 Å². The SMILES string of the molecule is CCCNC(c1sccc1C)C1(OC)CCC1. The van der Waals surface area contributed by atoms with Crippen molar-refractivity contribution in [3.05, 3.63) is 21.9 Å². The number of hydrogen-bond acceptors (Lipinski definition) is 3. The van der Waals surface area contributed by atoms with Crippen molar-refractivity contribution in [1.29, 1.82) is 0 Å². The fourth-order valence-electron chi connectivity index (χ4n) is 2.62. The summed E-state index contributed by atoms with van der Waals surface area (Å²) in [5.41, 5.74) is 1.44. The summed E-state index contributed by atoms with van der Waals surface area (Å²) in [7, 11) is 1.86. The fraction of sp³-hybridized carbons (Fsp3) is 0.714. The summed E-state index contributed by atoms with van der Waals surface area (Å²) < 4.78 is 5.86.